The predicted molar refractivity (Wildman–Crippen MR) is 62.7 cm³/mol. The second-order valence-corrected chi connectivity index (χ2v) is 3.78. The van der Waals surface area contributed by atoms with Gasteiger partial charge in [0.25, 0.3) is 5.69 Å². The molecule has 0 aliphatic heterocycles. The van der Waals surface area contributed by atoms with Gasteiger partial charge in [-0.15, -0.1) is 4.68 Å². The largest absolute Gasteiger partial charge is 0.264 e. The minimum absolute atomic E-state index is 0.988. The van der Waals surface area contributed by atoms with E-state index in [4.69, 9.17) is 0 Å². The van der Waals surface area contributed by atoms with E-state index in [1.165, 1.54) is 5.39 Å². The standard InChI is InChI=1S/C13H11N3/c1-16-13(12-8-4-5-9-14-12)10-6-2-3-7-11(10)15-16/h2-9H,1H3/p+1. The highest BCUT2D eigenvalue weighted by Crippen LogP contribution is 2.22. The molecule has 16 heavy (non-hydrogen) atoms. The number of rotatable bonds is 1. The molecule has 2 heterocycles. The van der Waals surface area contributed by atoms with Crippen LogP contribution in [0, 0.1) is 0 Å². The molecule has 0 aliphatic rings. The Hall–Kier alpha value is -2.16. The van der Waals surface area contributed by atoms with Crippen molar-refractivity contribution in [3.05, 3.63) is 48.7 Å². The SMILES string of the molecule is C[n+]1[nH]c2ccccc2c1-c1ccccn1. The number of nitrogens with zero attached hydrogens (tertiary/aromatic N) is 2. The number of pyridine rings is 1. The second kappa shape index (κ2) is 3.45. The Morgan fingerprint density at radius 1 is 1.06 bits per heavy atom. The molecule has 2 aromatic heterocycles. The van der Waals surface area contributed by atoms with Crippen LogP contribution >= 0.6 is 0 Å². The molecule has 3 rings (SSSR count). The topological polar surface area (TPSA) is 32.6 Å². The molecular weight excluding hydrogens is 198 g/mol. The third kappa shape index (κ3) is 1.29. The number of nitrogens with one attached hydrogen (secondary N) is 1. The number of fused-ring (bicyclic) bond motifs is 1. The van der Waals surface area contributed by atoms with Crippen molar-refractivity contribution in [1.82, 2.24) is 10.1 Å². The summed E-state index contributed by atoms with van der Waals surface area (Å²) in [7, 11) is 2.00. The van der Waals surface area contributed by atoms with Crippen LogP contribution in [0.25, 0.3) is 22.3 Å². The monoisotopic (exact) mass is 210 g/mol. The Kier molecular flexibility index (Phi) is 1.96. The van der Waals surface area contributed by atoms with Crippen molar-refractivity contribution in [2.75, 3.05) is 0 Å². The first-order chi connectivity index (χ1) is 7.86. The van der Waals surface area contributed by atoms with Gasteiger partial charge in [0.1, 0.15) is 11.2 Å². The highest BCUT2D eigenvalue weighted by Gasteiger charge is 2.18. The van der Waals surface area contributed by atoms with Crippen LogP contribution in [0.3, 0.4) is 0 Å². The third-order valence-electron chi connectivity index (χ3n) is 2.71. The lowest BCUT2D eigenvalue weighted by molar-refractivity contribution is -0.714. The zero-order valence-corrected chi connectivity index (χ0v) is 9.01. The number of benzene rings is 1. The van der Waals surface area contributed by atoms with Crippen LogP contribution in [0.5, 0.6) is 0 Å². The van der Waals surface area contributed by atoms with Gasteiger partial charge in [0.2, 0.25) is 0 Å². The third-order valence-corrected chi connectivity index (χ3v) is 2.71. The molecule has 1 aromatic carbocycles. The van der Waals surface area contributed by atoms with E-state index in [-0.39, 0.29) is 0 Å². The maximum Gasteiger partial charge on any atom is 0.264 e. The van der Waals surface area contributed by atoms with Gasteiger partial charge >= 0.3 is 0 Å². The van der Waals surface area contributed by atoms with Crippen molar-refractivity contribution in [2.24, 2.45) is 7.05 Å². The van der Waals surface area contributed by atoms with Crippen molar-refractivity contribution < 1.29 is 4.68 Å². The number of hydrogen-bond donors (Lipinski definition) is 1. The van der Waals surface area contributed by atoms with Gasteiger partial charge in [0.15, 0.2) is 7.05 Å². The summed E-state index contributed by atoms with van der Waals surface area (Å²) in [4.78, 5) is 4.39. The molecule has 1 N–H and O–H groups in total. The van der Waals surface area contributed by atoms with Gasteiger partial charge in [-0.05, 0) is 24.3 Å². The fraction of sp³-hybridized carbons (Fsp3) is 0.0769. The van der Waals surface area contributed by atoms with E-state index in [2.05, 4.69) is 22.2 Å². The van der Waals surface area contributed by atoms with Crippen LogP contribution in [0.15, 0.2) is 48.7 Å². The Morgan fingerprint density at radius 2 is 1.88 bits per heavy atom. The maximum absolute atomic E-state index is 4.39. The van der Waals surface area contributed by atoms with E-state index in [0.717, 1.165) is 16.9 Å². The number of aryl methyl sites for hydroxylation is 1. The summed E-state index contributed by atoms with van der Waals surface area (Å²) >= 11 is 0. The number of para-hydroxylation sites is 1. The van der Waals surface area contributed by atoms with Crippen molar-refractivity contribution >= 4 is 10.9 Å². The molecular formula is C13H12N3+. The molecule has 3 nitrogen and oxygen atoms in total. The smallest absolute Gasteiger partial charge is 0.250 e. The molecule has 0 fully saturated rings. The predicted octanol–water partition coefficient (Wildman–Crippen LogP) is 2.05. The molecule has 0 saturated heterocycles. The van der Waals surface area contributed by atoms with Gasteiger partial charge in [0, 0.05) is 6.20 Å². The van der Waals surface area contributed by atoms with Crippen molar-refractivity contribution in [2.45, 2.75) is 0 Å². The van der Waals surface area contributed by atoms with E-state index in [9.17, 15) is 0 Å². The average Bonchev–Trinajstić information content (AvgIpc) is 2.66. The van der Waals surface area contributed by atoms with Crippen LogP contribution in [-0.2, 0) is 7.05 Å². The van der Waals surface area contributed by atoms with Gasteiger partial charge in [-0.1, -0.05) is 18.2 Å². The summed E-state index contributed by atoms with van der Waals surface area (Å²) < 4.78 is 2.01. The van der Waals surface area contributed by atoms with Gasteiger partial charge in [0.05, 0.1) is 5.39 Å². The van der Waals surface area contributed by atoms with Crippen molar-refractivity contribution in [3.8, 4) is 11.4 Å². The Morgan fingerprint density at radius 3 is 2.69 bits per heavy atom. The normalized spacial score (nSPS) is 10.8. The summed E-state index contributed by atoms with van der Waals surface area (Å²) in [6, 6.07) is 14.2. The molecule has 3 aromatic rings. The van der Waals surface area contributed by atoms with E-state index >= 15 is 0 Å². The maximum atomic E-state index is 4.39. The van der Waals surface area contributed by atoms with Gasteiger partial charge in [-0.3, -0.25) is 0 Å². The summed E-state index contributed by atoms with van der Waals surface area (Å²) in [5, 5.41) is 4.50. The fourth-order valence-electron chi connectivity index (χ4n) is 2.02. The number of hydrogen-bond acceptors (Lipinski definition) is 1. The van der Waals surface area contributed by atoms with E-state index < -0.39 is 0 Å². The fourth-order valence-corrected chi connectivity index (χ4v) is 2.02. The molecule has 78 valence electrons. The van der Waals surface area contributed by atoms with Gasteiger partial charge < -0.3 is 0 Å². The molecule has 0 aliphatic carbocycles. The molecule has 0 radical (unpaired) electrons. The lowest BCUT2D eigenvalue weighted by atomic mass is 10.1. The second-order valence-electron chi connectivity index (χ2n) is 3.78. The number of aromatic nitrogens is 3. The highest BCUT2D eigenvalue weighted by atomic mass is 15.3. The minimum atomic E-state index is 0.988. The molecule has 3 heteroatoms. The average molecular weight is 210 g/mol. The molecule has 0 bridgehead atoms. The zero-order valence-electron chi connectivity index (χ0n) is 9.01. The van der Waals surface area contributed by atoms with Gasteiger partial charge in [-0.25, -0.2) is 4.98 Å². The highest BCUT2D eigenvalue weighted by molar-refractivity contribution is 5.89. The summed E-state index contributed by atoms with van der Waals surface area (Å²) in [6.45, 7) is 0. The van der Waals surface area contributed by atoms with Crippen molar-refractivity contribution in [1.29, 1.82) is 0 Å². The molecule has 0 saturated carbocycles. The molecule has 0 unspecified atom stereocenters. The first-order valence-electron chi connectivity index (χ1n) is 5.24. The van der Waals surface area contributed by atoms with Crippen LogP contribution in [0.4, 0.5) is 0 Å². The Labute approximate surface area is 93.4 Å². The van der Waals surface area contributed by atoms with E-state index in [0.29, 0.717) is 0 Å². The first-order valence-corrected chi connectivity index (χ1v) is 5.24. The summed E-state index contributed by atoms with van der Waals surface area (Å²) in [5.74, 6) is 0. The number of H-pyrrole nitrogens is 1. The number of aromatic amines is 1. The van der Waals surface area contributed by atoms with E-state index in [1.807, 2.05) is 48.3 Å². The van der Waals surface area contributed by atoms with Gasteiger partial charge in [-0.2, -0.15) is 5.10 Å². The Balaban J connectivity index is 2.35. The Bertz CT molecular complexity index is 626. The minimum Gasteiger partial charge on any atom is -0.250 e. The summed E-state index contributed by atoms with van der Waals surface area (Å²) in [5.41, 5.74) is 3.24. The molecule has 0 amide bonds. The quantitative estimate of drug-likeness (QED) is 0.613. The molecule has 0 spiro atoms. The lowest BCUT2D eigenvalue weighted by Gasteiger charge is -1.93. The van der Waals surface area contributed by atoms with Crippen LogP contribution in [0.2, 0.25) is 0 Å². The lowest BCUT2D eigenvalue weighted by Crippen LogP contribution is -2.32. The van der Waals surface area contributed by atoms with E-state index in [1.54, 1.807) is 0 Å². The van der Waals surface area contributed by atoms with Crippen LogP contribution in [0.1, 0.15) is 0 Å². The van der Waals surface area contributed by atoms with Crippen molar-refractivity contribution in [3.63, 3.8) is 0 Å². The first kappa shape index (κ1) is 9.09. The van der Waals surface area contributed by atoms with Crippen LogP contribution < -0.4 is 4.68 Å². The van der Waals surface area contributed by atoms with Crippen LogP contribution in [-0.4, -0.2) is 10.1 Å². The molecule has 0 atom stereocenters. The zero-order chi connectivity index (χ0) is 11.0. The summed E-state index contributed by atoms with van der Waals surface area (Å²) in [6.07, 6.45) is 1.82.